The van der Waals surface area contributed by atoms with E-state index in [0.29, 0.717) is 49.9 Å². The maximum Gasteiger partial charge on any atom is 0.322 e. The highest BCUT2D eigenvalue weighted by Gasteiger charge is 2.28. The van der Waals surface area contributed by atoms with E-state index >= 15 is 0 Å². The van der Waals surface area contributed by atoms with Crippen molar-refractivity contribution in [2.24, 2.45) is 5.41 Å². The number of carbonyl (C=O) groups is 2. The molecule has 2 rings (SSSR count). The van der Waals surface area contributed by atoms with Gasteiger partial charge in [-0.15, -0.1) is 0 Å². The molecule has 2 aromatic rings. The lowest BCUT2D eigenvalue weighted by Crippen LogP contribution is -2.35. The molecule has 0 unspecified atom stereocenters. The molecule has 1 N–H and O–H groups in total. The molecule has 2 aromatic carbocycles. The Morgan fingerprint density at radius 3 is 2.23 bits per heavy atom. The van der Waals surface area contributed by atoms with Crippen LogP contribution in [0.4, 0.5) is 10.5 Å². The number of hydrogen-bond donors (Lipinski definition) is 1. The fourth-order valence-electron chi connectivity index (χ4n) is 4.30. The summed E-state index contributed by atoms with van der Waals surface area (Å²) < 4.78 is 21.8. The summed E-state index contributed by atoms with van der Waals surface area (Å²) in [6.07, 6.45) is 7.01. The van der Waals surface area contributed by atoms with Gasteiger partial charge in [-0.2, -0.15) is 0 Å². The first kappa shape index (κ1) is 32.8. The van der Waals surface area contributed by atoms with Gasteiger partial charge in [-0.3, -0.25) is 4.79 Å². The van der Waals surface area contributed by atoms with Gasteiger partial charge in [0.1, 0.15) is 17.2 Å². The van der Waals surface area contributed by atoms with E-state index in [9.17, 15) is 9.59 Å². The van der Waals surface area contributed by atoms with Gasteiger partial charge in [-0.25, -0.2) is 4.79 Å². The molecular weight excluding hydrogens is 508 g/mol. The van der Waals surface area contributed by atoms with Crippen LogP contribution in [0.15, 0.2) is 42.5 Å². The summed E-state index contributed by atoms with van der Waals surface area (Å²) in [6.45, 7) is 9.84. The molecule has 0 bridgehead atoms. The third-order valence-corrected chi connectivity index (χ3v) is 6.81. The first-order valence-corrected chi connectivity index (χ1v) is 14.4. The Hall–Kier alpha value is -3.42. The molecule has 0 atom stereocenters. The van der Waals surface area contributed by atoms with Gasteiger partial charge < -0.3 is 29.2 Å². The van der Waals surface area contributed by atoms with E-state index in [1.807, 2.05) is 49.9 Å². The number of nitrogens with zero attached hydrogens (tertiary/aromatic N) is 1. The number of ether oxygens (including phenoxy) is 4. The molecule has 0 aliphatic rings. The topological polar surface area (TPSA) is 86.3 Å². The van der Waals surface area contributed by atoms with Gasteiger partial charge in [0.2, 0.25) is 0 Å². The van der Waals surface area contributed by atoms with Crippen LogP contribution in [0, 0.1) is 5.41 Å². The van der Waals surface area contributed by atoms with Gasteiger partial charge in [0, 0.05) is 19.2 Å². The highest BCUT2D eigenvalue weighted by atomic mass is 16.5. The third-order valence-electron chi connectivity index (χ3n) is 6.81. The summed E-state index contributed by atoms with van der Waals surface area (Å²) in [7, 11) is 3.16. The molecular formula is C32H48N2O6. The Kier molecular flexibility index (Phi) is 14.2. The highest BCUT2D eigenvalue weighted by Crippen LogP contribution is 2.29. The number of nitrogens with one attached hydrogen (secondary N) is 1. The Morgan fingerprint density at radius 1 is 0.875 bits per heavy atom. The average Bonchev–Trinajstić information content (AvgIpc) is 2.95. The summed E-state index contributed by atoms with van der Waals surface area (Å²) in [5.74, 6) is 1.79. The first-order valence-electron chi connectivity index (χ1n) is 14.4. The molecule has 0 saturated carbocycles. The average molecular weight is 557 g/mol. The molecule has 40 heavy (non-hydrogen) atoms. The maximum atomic E-state index is 13.3. The van der Waals surface area contributed by atoms with Gasteiger partial charge in [-0.05, 0) is 69.9 Å². The van der Waals surface area contributed by atoms with Gasteiger partial charge in [0.15, 0.2) is 0 Å². The Morgan fingerprint density at radius 2 is 1.57 bits per heavy atom. The van der Waals surface area contributed by atoms with Gasteiger partial charge in [0.25, 0.3) is 0 Å². The quantitative estimate of drug-likeness (QED) is 0.152. The molecule has 222 valence electrons. The zero-order chi connectivity index (χ0) is 29.4. The molecule has 0 aliphatic heterocycles. The van der Waals surface area contributed by atoms with E-state index in [1.165, 1.54) is 19.3 Å². The van der Waals surface area contributed by atoms with E-state index < -0.39 is 5.41 Å². The van der Waals surface area contributed by atoms with Crippen molar-refractivity contribution in [3.05, 3.63) is 48.0 Å². The molecule has 0 radical (unpaired) electrons. The van der Waals surface area contributed by atoms with Crippen LogP contribution in [0.5, 0.6) is 17.2 Å². The zero-order valence-corrected chi connectivity index (χ0v) is 25.2. The van der Waals surface area contributed by atoms with Crippen molar-refractivity contribution in [3.8, 4) is 17.2 Å². The lowest BCUT2D eigenvalue weighted by molar-refractivity contribution is -0.153. The van der Waals surface area contributed by atoms with Crippen LogP contribution in [0.1, 0.15) is 78.2 Å². The van der Waals surface area contributed by atoms with Crippen molar-refractivity contribution < 1.29 is 28.5 Å². The second-order valence-corrected chi connectivity index (χ2v) is 10.5. The number of hydrogen-bond acceptors (Lipinski definition) is 6. The fraction of sp³-hybridized carbons (Fsp3) is 0.562. The van der Waals surface area contributed by atoms with Crippen molar-refractivity contribution in [1.82, 2.24) is 4.90 Å². The van der Waals surface area contributed by atoms with Crippen LogP contribution in [-0.2, 0) is 16.1 Å². The number of methoxy groups -OCH3 is 2. The largest absolute Gasteiger partial charge is 0.497 e. The molecule has 0 spiro atoms. The molecule has 0 fully saturated rings. The lowest BCUT2D eigenvalue weighted by Gasteiger charge is -2.24. The number of unbranched alkanes of at least 4 members (excludes halogenated alkanes) is 4. The lowest BCUT2D eigenvalue weighted by atomic mass is 9.88. The van der Waals surface area contributed by atoms with Crippen LogP contribution in [0.3, 0.4) is 0 Å². The van der Waals surface area contributed by atoms with Crippen molar-refractivity contribution in [2.45, 2.75) is 79.2 Å². The van der Waals surface area contributed by atoms with Crippen molar-refractivity contribution >= 4 is 17.7 Å². The summed E-state index contributed by atoms with van der Waals surface area (Å²) >= 11 is 0. The molecule has 8 nitrogen and oxygen atoms in total. The zero-order valence-electron chi connectivity index (χ0n) is 25.2. The van der Waals surface area contributed by atoms with Crippen LogP contribution in [0.2, 0.25) is 0 Å². The molecule has 0 heterocycles. The van der Waals surface area contributed by atoms with Gasteiger partial charge in [0.05, 0.1) is 38.5 Å². The number of carbonyl (C=O) groups excluding carboxylic acids is 2. The number of urea groups is 1. The number of rotatable bonds is 18. The van der Waals surface area contributed by atoms with E-state index in [-0.39, 0.29) is 12.0 Å². The predicted octanol–water partition coefficient (Wildman–Crippen LogP) is 7.46. The Labute approximate surface area is 240 Å². The summed E-state index contributed by atoms with van der Waals surface area (Å²) in [6, 6.07) is 13.0. The normalized spacial score (nSPS) is 11.1. The molecule has 0 aromatic heterocycles. The van der Waals surface area contributed by atoms with Crippen LogP contribution in [-0.4, -0.2) is 50.9 Å². The number of benzene rings is 2. The third kappa shape index (κ3) is 11.0. The summed E-state index contributed by atoms with van der Waals surface area (Å²) in [5.41, 5.74) is 1.08. The highest BCUT2D eigenvalue weighted by molar-refractivity contribution is 5.91. The van der Waals surface area contributed by atoms with E-state index in [2.05, 4.69) is 12.2 Å². The second-order valence-electron chi connectivity index (χ2n) is 10.5. The van der Waals surface area contributed by atoms with Gasteiger partial charge >= 0.3 is 12.0 Å². The minimum Gasteiger partial charge on any atom is -0.497 e. The van der Waals surface area contributed by atoms with Gasteiger partial charge in [-0.1, -0.05) is 44.7 Å². The van der Waals surface area contributed by atoms with E-state index in [0.717, 1.165) is 30.6 Å². The maximum absolute atomic E-state index is 13.3. The van der Waals surface area contributed by atoms with Crippen molar-refractivity contribution in [2.75, 3.05) is 39.3 Å². The molecule has 0 saturated heterocycles. The fourth-order valence-corrected chi connectivity index (χ4v) is 4.30. The summed E-state index contributed by atoms with van der Waals surface area (Å²) in [4.78, 5) is 27.2. The van der Waals surface area contributed by atoms with Crippen molar-refractivity contribution in [1.29, 1.82) is 0 Å². The Balaban J connectivity index is 1.99. The molecule has 2 amide bonds. The van der Waals surface area contributed by atoms with Crippen molar-refractivity contribution in [3.63, 3.8) is 0 Å². The number of esters is 1. The summed E-state index contributed by atoms with van der Waals surface area (Å²) in [5, 5.41) is 3.01. The number of amides is 2. The smallest absolute Gasteiger partial charge is 0.322 e. The number of anilines is 1. The van der Waals surface area contributed by atoms with E-state index in [1.54, 1.807) is 32.4 Å². The van der Waals surface area contributed by atoms with E-state index in [4.69, 9.17) is 18.9 Å². The minimum atomic E-state index is -0.528. The molecule has 0 aliphatic carbocycles. The Bertz CT molecular complexity index is 1040. The van der Waals surface area contributed by atoms with Crippen LogP contribution in [0.25, 0.3) is 0 Å². The standard InChI is InChI=1S/C32H48N2O6/c1-7-9-10-11-12-21-34(31(36)33-28-19-18-27(37-5)23-29(28)38-6)24-25-14-16-26(17-15-25)40-22-13-20-32(3,4)30(35)39-8-2/h14-19,23H,7-13,20-22,24H2,1-6H3,(H,33,36). The minimum absolute atomic E-state index is 0.177. The second kappa shape index (κ2) is 17.3. The van der Waals surface area contributed by atoms with Crippen LogP contribution < -0.4 is 19.5 Å². The SMILES string of the molecule is CCCCCCCN(Cc1ccc(OCCCC(C)(C)C(=O)OCC)cc1)C(=O)Nc1ccc(OC)cc1OC. The first-order chi connectivity index (χ1) is 19.2. The monoisotopic (exact) mass is 556 g/mol. The predicted molar refractivity (Wildman–Crippen MR) is 159 cm³/mol. The molecule has 8 heteroatoms. The van der Waals surface area contributed by atoms with Crippen LogP contribution >= 0.6 is 0 Å².